The first-order valence-electron chi connectivity index (χ1n) is 7.98. The van der Waals surface area contributed by atoms with Crippen LogP contribution in [0.25, 0.3) is 11.0 Å². The van der Waals surface area contributed by atoms with E-state index in [2.05, 4.69) is 4.98 Å². The predicted octanol–water partition coefficient (Wildman–Crippen LogP) is 3.19. The third kappa shape index (κ3) is 3.25. The highest BCUT2D eigenvalue weighted by atomic mass is 16.5. The number of aryl methyl sites for hydroxylation is 3. The number of carbonyl (C=O) groups excluding carboxylic acids is 1. The van der Waals surface area contributed by atoms with Crippen LogP contribution < -0.4 is 5.69 Å². The summed E-state index contributed by atoms with van der Waals surface area (Å²) in [7, 11) is 0. The van der Waals surface area contributed by atoms with E-state index in [1.54, 1.807) is 10.6 Å². The van der Waals surface area contributed by atoms with Crippen LogP contribution in [0.2, 0.25) is 0 Å². The summed E-state index contributed by atoms with van der Waals surface area (Å²) in [5, 5.41) is 0. The predicted molar refractivity (Wildman–Crippen MR) is 93.4 cm³/mol. The maximum absolute atomic E-state index is 12.1. The number of esters is 1. The van der Waals surface area contributed by atoms with Crippen LogP contribution in [0, 0.1) is 13.8 Å². The number of imidazole rings is 1. The molecule has 0 spiro atoms. The highest BCUT2D eigenvalue weighted by molar-refractivity contribution is 5.91. The van der Waals surface area contributed by atoms with Gasteiger partial charge in [-0.2, -0.15) is 0 Å². The summed E-state index contributed by atoms with van der Waals surface area (Å²) < 4.78 is 7.00. The van der Waals surface area contributed by atoms with E-state index in [9.17, 15) is 9.59 Å². The summed E-state index contributed by atoms with van der Waals surface area (Å²) in [6, 6.07) is 13.2. The summed E-state index contributed by atoms with van der Waals surface area (Å²) in [4.78, 5) is 26.9. The minimum atomic E-state index is -0.321. The smallest absolute Gasteiger partial charge is 0.338 e. The first-order valence-corrected chi connectivity index (χ1v) is 7.98. The quantitative estimate of drug-likeness (QED) is 0.579. The number of nitrogens with zero attached hydrogens (tertiary/aromatic N) is 1. The number of ether oxygens (including phenoxy) is 1. The Morgan fingerprint density at radius 3 is 2.75 bits per heavy atom. The Kier molecular flexibility index (Phi) is 4.51. The van der Waals surface area contributed by atoms with Crippen molar-refractivity contribution in [3.05, 3.63) is 69.6 Å². The fraction of sp³-hybridized carbons (Fsp3) is 0.263. The Morgan fingerprint density at radius 1 is 1.17 bits per heavy atom. The van der Waals surface area contributed by atoms with Crippen LogP contribution in [-0.4, -0.2) is 22.1 Å². The third-order valence-electron chi connectivity index (χ3n) is 4.04. The van der Waals surface area contributed by atoms with Gasteiger partial charge in [0.1, 0.15) is 0 Å². The van der Waals surface area contributed by atoms with E-state index >= 15 is 0 Å². The van der Waals surface area contributed by atoms with Gasteiger partial charge in [0.05, 0.1) is 23.2 Å². The van der Waals surface area contributed by atoms with Crippen molar-refractivity contribution >= 4 is 17.0 Å². The van der Waals surface area contributed by atoms with Crippen molar-refractivity contribution in [3.63, 3.8) is 0 Å². The lowest BCUT2D eigenvalue weighted by molar-refractivity contribution is 0.0495. The van der Waals surface area contributed by atoms with Crippen molar-refractivity contribution in [3.8, 4) is 0 Å². The second-order valence-electron chi connectivity index (χ2n) is 5.91. The van der Waals surface area contributed by atoms with Crippen molar-refractivity contribution < 1.29 is 9.53 Å². The number of fused-ring (bicyclic) bond motifs is 1. The van der Waals surface area contributed by atoms with E-state index in [-0.39, 0.29) is 18.3 Å². The van der Waals surface area contributed by atoms with Crippen LogP contribution in [0.15, 0.2) is 47.3 Å². The van der Waals surface area contributed by atoms with Gasteiger partial charge in [-0.25, -0.2) is 9.59 Å². The lowest BCUT2D eigenvalue weighted by atomic mass is 10.1. The fourth-order valence-electron chi connectivity index (χ4n) is 2.84. The van der Waals surface area contributed by atoms with Crippen molar-refractivity contribution in [1.82, 2.24) is 9.55 Å². The Labute approximate surface area is 139 Å². The zero-order chi connectivity index (χ0) is 17.1. The highest BCUT2D eigenvalue weighted by Gasteiger charge is 2.11. The van der Waals surface area contributed by atoms with Gasteiger partial charge in [-0.05, 0) is 44.0 Å². The molecular formula is C19H20N2O3. The number of para-hydroxylation sites is 2. The van der Waals surface area contributed by atoms with E-state index in [0.717, 1.165) is 22.2 Å². The van der Waals surface area contributed by atoms with Gasteiger partial charge in [0, 0.05) is 6.54 Å². The van der Waals surface area contributed by atoms with E-state index in [1.165, 1.54) is 0 Å². The maximum Gasteiger partial charge on any atom is 0.338 e. The maximum atomic E-state index is 12.1. The molecule has 3 rings (SSSR count). The molecule has 0 bridgehead atoms. The monoisotopic (exact) mass is 324 g/mol. The minimum Gasteiger partial charge on any atom is -0.462 e. The van der Waals surface area contributed by atoms with Crippen LogP contribution in [0.4, 0.5) is 0 Å². The molecule has 3 aromatic rings. The molecular weight excluding hydrogens is 304 g/mol. The Bertz CT molecular complexity index is 937. The standard InChI is InChI=1S/C19H20N2O3/c1-13-8-9-15(14(2)12-13)18(22)24-11-5-10-21-17-7-4-3-6-16(17)20-19(21)23/h3-4,6-9,12H,5,10-11H2,1-2H3,(H,20,23). The van der Waals surface area contributed by atoms with Gasteiger partial charge in [-0.15, -0.1) is 0 Å². The average Bonchev–Trinajstić information content (AvgIpc) is 2.87. The molecule has 0 saturated heterocycles. The van der Waals surface area contributed by atoms with Crippen molar-refractivity contribution in [2.75, 3.05) is 6.61 Å². The average molecular weight is 324 g/mol. The van der Waals surface area contributed by atoms with Crippen molar-refractivity contribution in [2.45, 2.75) is 26.8 Å². The SMILES string of the molecule is Cc1ccc(C(=O)OCCCn2c(=O)[nH]c3ccccc32)c(C)c1. The number of aromatic amines is 1. The normalized spacial score (nSPS) is 10.9. The largest absolute Gasteiger partial charge is 0.462 e. The number of hydrogen-bond acceptors (Lipinski definition) is 3. The molecule has 0 radical (unpaired) electrons. The molecule has 124 valence electrons. The van der Waals surface area contributed by atoms with Gasteiger partial charge in [0.2, 0.25) is 0 Å². The van der Waals surface area contributed by atoms with Crippen molar-refractivity contribution in [1.29, 1.82) is 0 Å². The van der Waals surface area contributed by atoms with Gasteiger partial charge in [0.25, 0.3) is 0 Å². The number of benzene rings is 2. The number of hydrogen-bond donors (Lipinski definition) is 1. The molecule has 1 aromatic heterocycles. The first kappa shape index (κ1) is 16.1. The third-order valence-corrected chi connectivity index (χ3v) is 4.04. The molecule has 0 saturated carbocycles. The van der Waals surface area contributed by atoms with Crippen LogP contribution in [0.1, 0.15) is 27.9 Å². The lowest BCUT2D eigenvalue weighted by Crippen LogP contribution is -2.18. The fourth-order valence-corrected chi connectivity index (χ4v) is 2.84. The Hall–Kier alpha value is -2.82. The Balaban J connectivity index is 1.59. The zero-order valence-corrected chi connectivity index (χ0v) is 13.8. The number of carbonyl (C=O) groups is 1. The molecule has 0 unspecified atom stereocenters. The second kappa shape index (κ2) is 6.74. The molecule has 0 atom stereocenters. The zero-order valence-electron chi connectivity index (χ0n) is 13.8. The van der Waals surface area contributed by atoms with Crippen LogP contribution in [-0.2, 0) is 11.3 Å². The van der Waals surface area contributed by atoms with E-state index in [1.807, 2.05) is 50.2 Å². The molecule has 0 fully saturated rings. The summed E-state index contributed by atoms with van der Waals surface area (Å²) in [6.45, 7) is 4.66. The Morgan fingerprint density at radius 2 is 1.96 bits per heavy atom. The van der Waals surface area contributed by atoms with Gasteiger partial charge in [-0.1, -0.05) is 29.8 Å². The number of aromatic nitrogens is 2. The molecule has 1 heterocycles. The van der Waals surface area contributed by atoms with Crippen molar-refractivity contribution in [2.24, 2.45) is 0 Å². The topological polar surface area (TPSA) is 64.1 Å². The number of H-pyrrole nitrogens is 1. The number of rotatable bonds is 5. The number of nitrogens with one attached hydrogen (secondary N) is 1. The summed E-state index contributed by atoms with van der Waals surface area (Å²) in [5.74, 6) is -0.321. The molecule has 24 heavy (non-hydrogen) atoms. The van der Waals surface area contributed by atoms with Gasteiger partial charge < -0.3 is 9.72 Å². The molecule has 0 amide bonds. The summed E-state index contributed by atoms with van der Waals surface area (Å²) in [6.07, 6.45) is 0.582. The molecule has 0 aliphatic heterocycles. The van der Waals surface area contributed by atoms with Gasteiger partial charge >= 0.3 is 11.7 Å². The van der Waals surface area contributed by atoms with E-state index in [0.29, 0.717) is 18.5 Å². The molecule has 5 heteroatoms. The summed E-state index contributed by atoms with van der Waals surface area (Å²) in [5.41, 5.74) is 4.15. The van der Waals surface area contributed by atoms with Crippen LogP contribution in [0.3, 0.4) is 0 Å². The second-order valence-corrected chi connectivity index (χ2v) is 5.91. The van der Waals surface area contributed by atoms with Gasteiger partial charge in [-0.3, -0.25) is 4.57 Å². The van der Waals surface area contributed by atoms with Crippen LogP contribution >= 0.6 is 0 Å². The molecule has 5 nitrogen and oxygen atoms in total. The first-order chi connectivity index (χ1) is 11.6. The minimum absolute atomic E-state index is 0.142. The molecule has 0 aliphatic carbocycles. The lowest BCUT2D eigenvalue weighted by Gasteiger charge is -2.08. The molecule has 1 N–H and O–H groups in total. The van der Waals surface area contributed by atoms with E-state index < -0.39 is 0 Å². The van der Waals surface area contributed by atoms with E-state index in [4.69, 9.17) is 4.74 Å². The summed E-state index contributed by atoms with van der Waals surface area (Å²) >= 11 is 0. The van der Waals surface area contributed by atoms with Gasteiger partial charge in [0.15, 0.2) is 0 Å². The van der Waals surface area contributed by atoms with Crippen LogP contribution in [0.5, 0.6) is 0 Å². The highest BCUT2D eigenvalue weighted by Crippen LogP contribution is 2.12. The molecule has 0 aliphatic rings. The molecule has 2 aromatic carbocycles.